The van der Waals surface area contributed by atoms with Gasteiger partial charge < -0.3 is 5.32 Å². The van der Waals surface area contributed by atoms with Gasteiger partial charge in [0, 0.05) is 17.3 Å². The van der Waals surface area contributed by atoms with Crippen LogP contribution in [0.1, 0.15) is 10.4 Å². The summed E-state index contributed by atoms with van der Waals surface area (Å²) in [5.74, 6) is -1.07. The lowest BCUT2D eigenvalue weighted by Crippen LogP contribution is -2.12. The van der Waals surface area contributed by atoms with Gasteiger partial charge in [0.15, 0.2) is 5.16 Å². The van der Waals surface area contributed by atoms with Crippen molar-refractivity contribution in [3.63, 3.8) is 0 Å². The number of benzene rings is 1. The summed E-state index contributed by atoms with van der Waals surface area (Å²) in [5, 5.41) is 3.15. The first-order valence-electron chi connectivity index (χ1n) is 5.18. The van der Waals surface area contributed by atoms with Crippen molar-refractivity contribution in [2.45, 2.75) is 10.1 Å². The maximum atomic E-state index is 11.4. The van der Waals surface area contributed by atoms with E-state index in [-0.39, 0.29) is 0 Å². The van der Waals surface area contributed by atoms with Gasteiger partial charge in [-0.15, -0.1) is 0 Å². The second-order valence-corrected chi connectivity index (χ2v) is 4.66. The van der Waals surface area contributed by atoms with Crippen LogP contribution >= 0.6 is 11.8 Å². The number of hydrogen-bond donors (Lipinski definition) is 1. The van der Waals surface area contributed by atoms with Gasteiger partial charge in [0.25, 0.3) is 11.7 Å². The van der Waals surface area contributed by atoms with E-state index in [1.807, 2.05) is 0 Å². The molecular weight excluding hydrogens is 250 g/mol. The van der Waals surface area contributed by atoms with E-state index in [1.165, 1.54) is 11.8 Å². The van der Waals surface area contributed by atoms with Crippen molar-refractivity contribution < 1.29 is 9.59 Å². The Hall–Kier alpha value is -2.21. The summed E-state index contributed by atoms with van der Waals surface area (Å²) in [6.45, 7) is 0. The van der Waals surface area contributed by atoms with Crippen LogP contribution < -0.4 is 5.32 Å². The van der Waals surface area contributed by atoms with Gasteiger partial charge in [-0.05, 0) is 36.0 Å². The highest BCUT2D eigenvalue weighted by Crippen LogP contribution is 2.31. The topological polar surface area (TPSA) is 72.0 Å². The van der Waals surface area contributed by atoms with Crippen LogP contribution in [0.15, 0.2) is 46.7 Å². The number of nitrogens with zero attached hydrogens (tertiary/aromatic N) is 2. The molecule has 0 bridgehead atoms. The summed E-state index contributed by atoms with van der Waals surface area (Å²) in [7, 11) is 0. The van der Waals surface area contributed by atoms with E-state index in [1.54, 1.807) is 36.7 Å². The molecule has 0 atom stereocenters. The number of nitrogens with one attached hydrogen (secondary N) is 1. The molecule has 0 spiro atoms. The van der Waals surface area contributed by atoms with Crippen LogP contribution in [0.2, 0.25) is 0 Å². The molecule has 0 saturated carbocycles. The SMILES string of the molecule is O=C1Nc2cc(Sc3ncccn3)ccc2C1=O. The van der Waals surface area contributed by atoms with Gasteiger partial charge in [0.2, 0.25) is 0 Å². The molecule has 0 radical (unpaired) electrons. The van der Waals surface area contributed by atoms with E-state index >= 15 is 0 Å². The number of amides is 1. The van der Waals surface area contributed by atoms with Crippen molar-refractivity contribution >= 4 is 29.1 Å². The zero-order chi connectivity index (χ0) is 12.5. The summed E-state index contributed by atoms with van der Waals surface area (Å²) in [6, 6.07) is 6.91. The largest absolute Gasteiger partial charge is 0.318 e. The molecule has 1 aliphatic heterocycles. The monoisotopic (exact) mass is 257 g/mol. The number of anilines is 1. The molecule has 3 rings (SSSR count). The highest BCUT2D eigenvalue weighted by Gasteiger charge is 2.27. The Bertz CT molecular complexity index is 643. The molecule has 1 aromatic carbocycles. The number of fused-ring (bicyclic) bond motifs is 1. The molecule has 1 aliphatic rings. The third-order valence-electron chi connectivity index (χ3n) is 2.44. The minimum Gasteiger partial charge on any atom is -0.318 e. The quantitative estimate of drug-likeness (QED) is 0.655. The van der Waals surface area contributed by atoms with Crippen LogP contribution in [0.4, 0.5) is 5.69 Å². The molecule has 1 aromatic heterocycles. The van der Waals surface area contributed by atoms with Gasteiger partial charge in [-0.1, -0.05) is 0 Å². The molecule has 6 heteroatoms. The predicted octanol–water partition coefficient (Wildman–Crippen LogP) is 1.76. The molecule has 1 N–H and O–H groups in total. The lowest BCUT2D eigenvalue weighted by Gasteiger charge is -2.02. The number of hydrogen-bond acceptors (Lipinski definition) is 5. The summed E-state index contributed by atoms with van der Waals surface area (Å²) in [5.41, 5.74) is 0.962. The van der Waals surface area contributed by atoms with E-state index in [0.717, 1.165) is 4.90 Å². The lowest BCUT2D eigenvalue weighted by atomic mass is 10.1. The minimum atomic E-state index is -0.580. The van der Waals surface area contributed by atoms with Gasteiger partial charge in [0.1, 0.15) is 0 Å². The molecule has 88 valence electrons. The van der Waals surface area contributed by atoms with Gasteiger partial charge in [-0.2, -0.15) is 0 Å². The van der Waals surface area contributed by atoms with Crippen molar-refractivity contribution in [1.82, 2.24) is 9.97 Å². The zero-order valence-electron chi connectivity index (χ0n) is 9.08. The first-order valence-corrected chi connectivity index (χ1v) is 6.00. The minimum absolute atomic E-state index is 0.415. The van der Waals surface area contributed by atoms with Crippen molar-refractivity contribution in [2.24, 2.45) is 0 Å². The molecular formula is C12H7N3O2S. The third kappa shape index (κ3) is 1.86. The van der Waals surface area contributed by atoms with Crippen LogP contribution in [-0.2, 0) is 4.79 Å². The van der Waals surface area contributed by atoms with Crippen LogP contribution in [0.5, 0.6) is 0 Å². The van der Waals surface area contributed by atoms with E-state index in [2.05, 4.69) is 15.3 Å². The van der Waals surface area contributed by atoms with E-state index in [4.69, 9.17) is 0 Å². The number of aromatic nitrogens is 2. The van der Waals surface area contributed by atoms with Gasteiger partial charge in [0.05, 0.1) is 11.3 Å². The van der Waals surface area contributed by atoms with E-state index in [9.17, 15) is 9.59 Å². The highest BCUT2D eigenvalue weighted by atomic mass is 32.2. The van der Waals surface area contributed by atoms with Crippen molar-refractivity contribution in [1.29, 1.82) is 0 Å². The lowest BCUT2D eigenvalue weighted by molar-refractivity contribution is -0.112. The molecule has 0 fully saturated rings. The smallest absolute Gasteiger partial charge is 0.296 e. The average Bonchev–Trinajstić information content (AvgIpc) is 2.66. The second-order valence-electron chi connectivity index (χ2n) is 3.62. The fraction of sp³-hybridized carbons (Fsp3) is 0. The molecule has 18 heavy (non-hydrogen) atoms. The third-order valence-corrected chi connectivity index (χ3v) is 3.32. The Labute approximate surface area is 107 Å². The molecule has 0 saturated heterocycles. The first kappa shape index (κ1) is 10.9. The van der Waals surface area contributed by atoms with Crippen LogP contribution in [0.25, 0.3) is 0 Å². The van der Waals surface area contributed by atoms with Gasteiger partial charge in [-0.25, -0.2) is 9.97 Å². The Morgan fingerprint density at radius 2 is 1.89 bits per heavy atom. The van der Waals surface area contributed by atoms with E-state index in [0.29, 0.717) is 16.4 Å². The van der Waals surface area contributed by atoms with Crippen molar-refractivity contribution in [3.8, 4) is 0 Å². The van der Waals surface area contributed by atoms with Crippen molar-refractivity contribution in [2.75, 3.05) is 5.32 Å². The highest BCUT2D eigenvalue weighted by molar-refractivity contribution is 7.99. The fourth-order valence-electron chi connectivity index (χ4n) is 1.63. The Morgan fingerprint density at radius 1 is 1.11 bits per heavy atom. The Balaban J connectivity index is 1.91. The molecule has 2 aromatic rings. The summed E-state index contributed by atoms with van der Waals surface area (Å²) in [6.07, 6.45) is 3.32. The molecule has 0 unspecified atom stereocenters. The molecule has 0 aliphatic carbocycles. The zero-order valence-corrected chi connectivity index (χ0v) is 9.90. The van der Waals surface area contributed by atoms with Gasteiger partial charge in [-0.3, -0.25) is 9.59 Å². The van der Waals surface area contributed by atoms with Crippen LogP contribution in [0, 0.1) is 0 Å². The second kappa shape index (κ2) is 4.23. The number of carbonyl (C=O) groups is 2. The number of Topliss-reactive ketones (excluding diaryl/α,β-unsaturated/α-hetero) is 1. The average molecular weight is 257 g/mol. The number of carbonyl (C=O) groups excluding carboxylic acids is 2. The summed E-state index contributed by atoms with van der Waals surface area (Å²) < 4.78 is 0. The number of ketones is 1. The summed E-state index contributed by atoms with van der Waals surface area (Å²) >= 11 is 1.37. The van der Waals surface area contributed by atoms with Gasteiger partial charge >= 0.3 is 0 Å². The molecule has 2 heterocycles. The van der Waals surface area contributed by atoms with Crippen molar-refractivity contribution in [3.05, 3.63) is 42.2 Å². The molecule has 1 amide bonds. The first-order chi connectivity index (χ1) is 8.74. The Kier molecular flexibility index (Phi) is 2.56. The predicted molar refractivity (Wildman–Crippen MR) is 65.6 cm³/mol. The van der Waals surface area contributed by atoms with E-state index < -0.39 is 11.7 Å². The molecule has 5 nitrogen and oxygen atoms in total. The number of rotatable bonds is 2. The standard InChI is InChI=1S/C12H7N3O2S/c16-10-8-3-2-7(6-9(8)15-11(10)17)18-12-13-4-1-5-14-12/h1-6H,(H,15,16,17). The Morgan fingerprint density at radius 3 is 2.67 bits per heavy atom. The maximum Gasteiger partial charge on any atom is 0.296 e. The fourth-order valence-corrected chi connectivity index (χ4v) is 2.38. The maximum absolute atomic E-state index is 11.4. The summed E-state index contributed by atoms with van der Waals surface area (Å²) in [4.78, 5) is 31.7. The normalized spacial score (nSPS) is 13.3. The van der Waals surface area contributed by atoms with Crippen LogP contribution in [0.3, 0.4) is 0 Å². The van der Waals surface area contributed by atoms with Crippen LogP contribution in [-0.4, -0.2) is 21.7 Å².